The predicted molar refractivity (Wildman–Crippen MR) is 118 cm³/mol. The van der Waals surface area contributed by atoms with Crippen LogP contribution >= 0.6 is 0 Å². The Morgan fingerprint density at radius 1 is 0.967 bits per heavy atom. The fourth-order valence-electron chi connectivity index (χ4n) is 4.04. The van der Waals surface area contributed by atoms with Crippen LogP contribution in [-0.4, -0.2) is 51.9 Å². The first kappa shape index (κ1) is 20.3. The van der Waals surface area contributed by atoms with Crippen molar-refractivity contribution in [2.45, 2.75) is 32.2 Å². The van der Waals surface area contributed by atoms with Crippen LogP contribution in [0.3, 0.4) is 0 Å². The van der Waals surface area contributed by atoms with E-state index in [4.69, 9.17) is 0 Å². The Morgan fingerprint density at radius 3 is 2.63 bits per heavy atom. The van der Waals surface area contributed by atoms with Crippen LogP contribution in [0.5, 0.6) is 0 Å². The van der Waals surface area contributed by atoms with Crippen LogP contribution in [0, 0.1) is 0 Å². The van der Waals surface area contributed by atoms with Crippen LogP contribution in [0.1, 0.15) is 30.7 Å². The smallest absolute Gasteiger partial charge is 0.258 e. The Morgan fingerprint density at radius 2 is 1.77 bits per heavy atom. The van der Waals surface area contributed by atoms with Crippen molar-refractivity contribution < 1.29 is 4.79 Å². The zero-order valence-electron chi connectivity index (χ0n) is 17.2. The van der Waals surface area contributed by atoms with E-state index in [-0.39, 0.29) is 11.5 Å². The maximum absolute atomic E-state index is 12.7. The first-order valence-corrected chi connectivity index (χ1v) is 10.7. The van der Waals surface area contributed by atoms with Crippen molar-refractivity contribution in [3.05, 3.63) is 76.3 Å². The van der Waals surface area contributed by atoms with E-state index in [1.165, 1.54) is 5.56 Å². The number of nitrogens with zero attached hydrogens (tertiary/aromatic N) is 3. The van der Waals surface area contributed by atoms with Crippen molar-refractivity contribution in [3.8, 4) is 0 Å². The lowest BCUT2D eigenvalue weighted by atomic mass is 10.2. The van der Waals surface area contributed by atoms with Gasteiger partial charge < -0.3 is 9.88 Å². The summed E-state index contributed by atoms with van der Waals surface area (Å²) in [6.45, 7) is 4.44. The highest BCUT2D eigenvalue weighted by Gasteiger charge is 2.19. The molecule has 6 heteroatoms. The lowest BCUT2D eigenvalue weighted by Gasteiger charge is -2.22. The molecule has 0 saturated carbocycles. The molecule has 4 rings (SSSR count). The summed E-state index contributed by atoms with van der Waals surface area (Å²) in [6, 6.07) is 17.8. The molecule has 0 spiro atoms. The van der Waals surface area contributed by atoms with E-state index >= 15 is 0 Å². The lowest BCUT2D eigenvalue weighted by molar-refractivity contribution is -0.131. The van der Waals surface area contributed by atoms with Gasteiger partial charge >= 0.3 is 0 Å². The second-order valence-corrected chi connectivity index (χ2v) is 7.88. The molecule has 1 amide bonds. The van der Waals surface area contributed by atoms with Gasteiger partial charge in [-0.25, -0.2) is 4.98 Å². The summed E-state index contributed by atoms with van der Waals surface area (Å²) in [5.74, 6) is 0.844. The highest BCUT2D eigenvalue weighted by atomic mass is 16.2. The van der Waals surface area contributed by atoms with E-state index in [0.717, 1.165) is 39.1 Å². The van der Waals surface area contributed by atoms with Gasteiger partial charge in [-0.1, -0.05) is 42.5 Å². The fraction of sp³-hybridized carbons (Fsp3) is 0.375. The largest absolute Gasteiger partial charge is 0.341 e. The van der Waals surface area contributed by atoms with Crippen LogP contribution in [0.15, 0.2) is 59.4 Å². The maximum atomic E-state index is 12.7. The number of amides is 1. The number of rotatable bonds is 6. The number of para-hydroxylation sites is 1. The molecule has 30 heavy (non-hydrogen) atoms. The molecular weight excluding hydrogens is 376 g/mol. The zero-order valence-corrected chi connectivity index (χ0v) is 17.2. The van der Waals surface area contributed by atoms with E-state index in [0.29, 0.717) is 36.0 Å². The van der Waals surface area contributed by atoms with Crippen LogP contribution in [0.4, 0.5) is 0 Å². The average molecular weight is 405 g/mol. The first-order valence-electron chi connectivity index (χ1n) is 10.7. The summed E-state index contributed by atoms with van der Waals surface area (Å²) in [6.07, 6.45) is 2.76. The molecule has 0 radical (unpaired) electrons. The molecule has 1 aliphatic rings. The van der Waals surface area contributed by atoms with Gasteiger partial charge in [-0.15, -0.1) is 0 Å². The summed E-state index contributed by atoms with van der Waals surface area (Å²) in [5.41, 5.74) is 1.90. The molecule has 1 fully saturated rings. The second kappa shape index (κ2) is 9.67. The number of aromatic amines is 1. The summed E-state index contributed by atoms with van der Waals surface area (Å²) < 4.78 is 0. The van der Waals surface area contributed by atoms with Crippen LogP contribution in [-0.2, 0) is 17.8 Å². The highest BCUT2D eigenvalue weighted by Crippen LogP contribution is 2.12. The first-order chi connectivity index (χ1) is 14.7. The number of aryl methyl sites for hydroxylation is 1. The van der Waals surface area contributed by atoms with Crippen LogP contribution in [0.25, 0.3) is 10.9 Å². The highest BCUT2D eigenvalue weighted by molar-refractivity contribution is 5.77. The number of hydrogen-bond donors (Lipinski definition) is 1. The van der Waals surface area contributed by atoms with Crippen molar-refractivity contribution in [2.24, 2.45) is 0 Å². The van der Waals surface area contributed by atoms with Gasteiger partial charge in [-0.3, -0.25) is 14.5 Å². The number of carbonyl (C=O) groups excluding carboxylic acids is 1. The number of fused-ring (bicyclic) bond motifs is 1. The number of benzene rings is 2. The molecule has 2 heterocycles. The van der Waals surface area contributed by atoms with Gasteiger partial charge in [-0.2, -0.15) is 0 Å². The normalized spacial score (nSPS) is 15.3. The van der Waals surface area contributed by atoms with Crippen molar-refractivity contribution in [3.63, 3.8) is 0 Å². The van der Waals surface area contributed by atoms with Gasteiger partial charge in [-0.05, 0) is 30.5 Å². The molecule has 0 atom stereocenters. The topological polar surface area (TPSA) is 69.3 Å². The second-order valence-electron chi connectivity index (χ2n) is 7.88. The molecule has 3 aromatic rings. The summed E-state index contributed by atoms with van der Waals surface area (Å²) in [7, 11) is 0. The molecule has 0 bridgehead atoms. The minimum Gasteiger partial charge on any atom is -0.341 e. The Kier molecular flexibility index (Phi) is 6.54. The molecule has 0 unspecified atom stereocenters. The minimum absolute atomic E-state index is 0.118. The molecule has 6 nitrogen and oxygen atoms in total. The third-order valence-electron chi connectivity index (χ3n) is 5.66. The quantitative estimate of drug-likeness (QED) is 0.686. The number of aromatic nitrogens is 2. The Balaban J connectivity index is 1.27. The zero-order chi connectivity index (χ0) is 20.8. The van der Waals surface area contributed by atoms with Gasteiger partial charge in [0.05, 0.1) is 10.9 Å². The Bertz CT molecular complexity index is 1050. The Labute approximate surface area is 176 Å². The van der Waals surface area contributed by atoms with Crippen molar-refractivity contribution in [1.82, 2.24) is 19.8 Å². The molecule has 1 aliphatic heterocycles. The van der Waals surface area contributed by atoms with Gasteiger partial charge in [0.2, 0.25) is 5.91 Å². The standard InChI is InChI=1S/C24H28N4O2/c29-23(13-6-12-22-25-21-11-5-4-10-20(21)24(30)26-22)28-15-7-14-27(16-17-28)18-19-8-2-1-3-9-19/h1-5,8-11H,6-7,12-18H2,(H,25,26,30). The third-order valence-corrected chi connectivity index (χ3v) is 5.66. The predicted octanol–water partition coefficient (Wildman–Crippen LogP) is 2.98. The van der Waals surface area contributed by atoms with Gasteiger partial charge in [0, 0.05) is 45.6 Å². The van der Waals surface area contributed by atoms with E-state index < -0.39 is 0 Å². The molecule has 0 aliphatic carbocycles. The maximum Gasteiger partial charge on any atom is 0.258 e. The summed E-state index contributed by atoms with van der Waals surface area (Å²) in [4.78, 5) is 36.6. The summed E-state index contributed by atoms with van der Waals surface area (Å²) in [5, 5.41) is 0.599. The minimum atomic E-state index is -0.118. The van der Waals surface area contributed by atoms with E-state index in [1.807, 2.05) is 29.2 Å². The number of hydrogen-bond acceptors (Lipinski definition) is 4. The third kappa shape index (κ3) is 5.13. The van der Waals surface area contributed by atoms with Gasteiger partial charge in [0.15, 0.2) is 0 Å². The molecular formula is C24H28N4O2. The molecule has 2 aromatic carbocycles. The molecule has 1 saturated heterocycles. The number of nitrogens with one attached hydrogen (secondary N) is 1. The summed E-state index contributed by atoms with van der Waals surface area (Å²) >= 11 is 0. The van der Waals surface area contributed by atoms with Crippen LogP contribution < -0.4 is 5.56 Å². The van der Waals surface area contributed by atoms with Crippen molar-refractivity contribution >= 4 is 16.8 Å². The lowest BCUT2D eigenvalue weighted by Crippen LogP contribution is -2.35. The molecule has 1 aromatic heterocycles. The van der Waals surface area contributed by atoms with E-state index in [1.54, 1.807) is 6.07 Å². The van der Waals surface area contributed by atoms with E-state index in [9.17, 15) is 9.59 Å². The average Bonchev–Trinajstić information content (AvgIpc) is 3.00. The SMILES string of the molecule is O=C(CCCc1nc2ccccc2c(=O)[nH]1)N1CCCN(Cc2ccccc2)CC1. The van der Waals surface area contributed by atoms with Gasteiger partial charge in [0.25, 0.3) is 5.56 Å². The van der Waals surface area contributed by atoms with E-state index in [2.05, 4.69) is 39.1 Å². The Hall–Kier alpha value is -2.99. The van der Waals surface area contributed by atoms with Crippen molar-refractivity contribution in [2.75, 3.05) is 26.2 Å². The monoisotopic (exact) mass is 404 g/mol. The fourth-order valence-corrected chi connectivity index (χ4v) is 4.04. The van der Waals surface area contributed by atoms with Gasteiger partial charge in [0.1, 0.15) is 5.82 Å². The molecule has 1 N–H and O–H groups in total. The molecule has 156 valence electrons. The number of carbonyl (C=O) groups is 1. The van der Waals surface area contributed by atoms with Crippen molar-refractivity contribution in [1.29, 1.82) is 0 Å². The van der Waals surface area contributed by atoms with Crippen LogP contribution in [0.2, 0.25) is 0 Å². The number of H-pyrrole nitrogens is 1.